The van der Waals surface area contributed by atoms with Crippen molar-refractivity contribution in [1.82, 2.24) is 5.32 Å². The van der Waals surface area contributed by atoms with Gasteiger partial charge in [0.15, 0.2) is 0 Å². The molecule has 0 aromatic heterocycles. The fraction of sp³-hybridized carbons (Fsp3) is 0.481. The molecule has 194 valence electrons. The van der Waals surface area contributed by atoms with E-state index < -0.39 is 29.5 Å². The number of alkyl halides is 3. The number of nitrogens with one attached hydrogen (secondary N) is 1. The van der Waals surface area contributed by atoms with Gasteiger partial charge in [-0.15, -0.1) is 0 Å². The topological polar surface area (TPSA) is 84.9 Å². The number of carboxylic acids is 1. The van der Waals surface area contributed by atoms with Crippen molar-refractivity contribution in [3.8, 4) is 5.75 Å². The van der Waals surface area contributed by atoms with Crippen molar-refractivity contribution in [2.45, 2.75) is 56.7 Å². The van der Waals surface area contributed by atoms with E-state index in [9.17, 15) is 27.9 Å². The fourth-order valence-electron chi connectivity index (χ4n) is 4.82. The lowest BCUT2D eigenvalue weighted by molar-refractivity contribution is -0.187. The molecule has 1 heterocycles. The molecule has 4 rings (SSSR count). The van der Waals surface area contributed by atoms with Crippen LogP contribution in [0, 0.1) is 12.8 Å². The lowest BCUT2D eigenvalue weighted by Crippen LogP contribution is -2.57. The molecule has 0 radical (unpaired) electrons. The number of carboxylic acid groups (broad SMARTS) is 1. The van der Waals surface area contributed by atoms with Gasteiger partial charge in [-0.05, 0) is 50.3 Å². The van der Waals surface area contributed by atoms with Crippen LogP contribution in [0.25, 0.3) is 0 Å². The van der Waals surface area contributed by atoms with Crippen LogP contribution in [0.3, 0.4) is 0 Å². The zero-order valence-corrected chi connectivity index (χ0v) is 20.1. The van der Waals surface area contributed by atoms with Crippen molar-refractivity contribution in [2.24, 2.45) is 5.92 Å². The number of rotatable bonds is 8. The number of carbonyl (C=O) groups excluding carboxylic acids is 1. The van der Waals surface area contributed by atoms with E-state index in [2.05, 4.69) is 11.4 Å². The zero-order valence-electron chi connectivity index (χ0n) is 20.1. The minimum Gasteiger partial charge on any atom is -0.493 e. The minimum absolute atomic E-state index is 0.138. The van der Waals surface area contributed by atoms with Gasteiger partial charge in [0.1, 0.15) is 11.3 Å². The Morgan fingerprint density at radius 3 is 2.44 bits per heavy atom. The lowest BCUT2D eigenvalue weighted by atomic mass is 9.76. The largest absolute Gasteiger partial charge is 0.493 e. The molecule has 1 saturated carbocycles. The van der Waals surface area contributed by atoms with Gasteiger partial charge in [-0.25, -0.2) is 4.79 Å². The highest BCUT2D eigenvalue weighted by atomic mass is 19.4. The summed E-state index contributed by atoms with van der Waals surface area (Å²) in [4.78, 5) is 25.1. The molecule has 1 aliphatic heterocycles. The molecule has 36 heavy (non-hydrogen) atoms. The van der Waals surface area contributed by atoms with Crippen LogP contribution < -0.4 is 10.1 Å². The Bertz CT molecular complexity index is 1100. The van der Waals surface area contributed by atoms with Gasteiger partial charge in [-0.1, -0.05) is 35.9 Å². The smallest absolute Gasteiger partial charge is 0.391 e. The van der Waals surface area contributed by atoms with E-state index in [0.29, 0.717) is 32.0 Å². The summed E-state index contributed by atoms with van der Waals surface area (Å²) in [5, 5.41) is 12.3. The Morgan fingerprint density at radius 1 is 1.14 bits per heavy atom. The number of aryl methyl sites for hydroxylation is 1. The molecule has 1 aliphatic carbocycles. The van der Waals surface area contributed by atoms with Crippen molar-refractivity contribution in [3.05, 3.63) is 64.7 Å². The summed E-state index contributed by atoms with van der Waals surface area (Å²) in [6.45, 7) is 3.48. The molecule has 2 fully saturated rings. The van der Waals surface area contributed by atoms with Crippen LogP contribution in [0.15, 0.2) is 42.5 Å². The van der Waals surface area contributed by atoms with Crippen LogP contribution in [0.1, 0.15) is 58.6 Å². The van der Waals surface area contributed by atoms with Gasteiger partial charge in [0.05, 0.1) is 25.7 Å². The third kappa shape index (κ3) is 5.83. The first kappa shape index (κ1) is 26.0. The van der Waals surface area contributed by atoms with E-state index in [4.69, 9.17) is 9.47 Å². The monoisotopic (exact) mass is 505 g/mol. The highest BCUT2D eigenvalue weighted by Crippen LogP contribution is 2.41. The molecule has 2 aliphatic rings. The van der Waals surface area contributed by atoms with Gasteiger partial charge in [0.2, 0.25) is 0 Å². The van der Waals surface area contributed by atoms with Crippen molar-refractivity contribution in [3.63, 3.8) is 0 Å². The van der Waals surface area contributed by atoms with Crippen LogP contribution >= 0.6 is 0 Å². The molecule has 2 N–H and O–H groups in total. The summed E-state index contributed by atoms with van der Waals surface area (Å²) in [6.07, 6.45) is -4.96. The Kier molecular flexibility index (Phi) is 7.59. The van der Waals surface area contributed by atoms with Crippen molar-refractivity contribution in [1.29, 1.82) is 0 Å². The Hall–Kier alpha value is -3.07. The van der Waals surface area contributed by atoms with E-state index in [1.165, 1.54) is 0 Å². The molecule has 9 heteroatoms. The quantitative estimate of drug-likeness (QED) is 0.525. The summed E-state index contributed by atoms with van der Waals surface area (Å²) in [5.74, 6) is -2.87. The average Bonchev–Trinajstić information content (AvgIpc) is 2.78. The third-order valence-electron chi connectivity index (χ3n) is 7.15. The van der Waals surface area contributed by atoms with Crippen LogP contribution in [0.4, 0.5) is 13.2 Å². The van der Waals surface area contributed by atoms with Crippen molar-refractivity contribution >= 4 is 11.9 Å². The average molecular weight is 506 g/mol. The summed E-state index contributed by atoms with van der Waals surface area (Å²) in [6, 6.07) is 13.0. The maximum absolute atomic E-state index is 13.1. The number of aliphatic carboxylic acids is 1. The minimum atomic E-state index is -4.37. The predicted molar refractivity (Wildman–Crippen MR) is 126 cm³/mol. The first-order chi connectivity index (χ1) is 17.1. The SMILES string of the molecule is Cc1cccc(CCOc2cc(C(=O)N[C@]3(C(=O)O)CC[C@H](C(F)(F)F)CC3)ccc2C2COC2)c1. The van der Waals surface area contributed by atoms with E-state index in [1.807, 2.05) is 25.1 Å². The summed E-state index contributed by atoms with van der Waals surface area (Å²) >= 11 is 0. The molecule has 1 saturated heterocycles. The van der Waals surface area contributed by atoms with Gasteiger partial charge >= 0.3 is 12.1 Å². The van der Waals surface area contributed by atoms with Gasteiger partial charge in [0.25, 0.3) is 5.91 Å². The molecule has 0 spiro atoms. The molecular weight excluding hydrogens is 475 g/mol. The molecule has 0 unspecified atom stereocenters. The van der Waals surface area contributed by atoms with E-state index >= 15 is 0 Å². The van der Waals surface area contributed by atoms with Gasteiger partial charge in [-0.3, -0.25) is 4.79 Å². The van der Waals surface area contributed by atoms with Crippen molar-refractivity contribution < 1.29 is 37.3 Å². The number of carbonyl (C=O) groups is 2. The van der Waals surface area contributed by atoms with Crippen LogP contribution in [0.5, 0.6) is 5.75 Å². The van der Waals surface area contributed by atoms with E-state index in [1.54, 1.807) is 18.2 Å². The normalized spacial score (nSPS) is 22.5. The van der Waals surface area contributed by atoms with Gasteiger partial charge in [-0.2, -0.15) is 13.2 Å². The molecular formula is C27H30F3NO5. The predicted octanol–water partition coefficient (Wildman–Crippen LogP) is 5.04. The van der Waals surface area contributed by atoms with Crippen LogP contribution in [0.2, 0.25) is 0 Å². The summed E-state index contributed by atoms with van der Waals surface area (Å²) in [7, 11) is 0. The first-order valence-corrected chi connectivity index (χ1v) is 12.1. The van der Waals surface area contributed by atoms with Crippen LogP contribution in [-0.2, 0) is 16.0 Å². The van der Waals surface area contributed by atoms with Crippen LogP contribution in [-0.4, -0.2) is 48.5 Å². The number of hydrogen-bond donors (Lipinski definition) is 2. The number of ether oxygens (including phenoxy) is 2. The standard InChI is InChI=1S/C27H30F3NO5/c1-17-3-2-4-18(13-17)9-12-36-23-14-19(5-6-22(23)20-15-35-16-20)24(32)31-26(25(33)34)10-7-21(8-11-26)27(28,29)30/h2-6,13-14,20-21H,7-12,15-16H2,1H3,(H,31,32)(H,33,34)/t21-,26+. The molecule has 0 bridgehead atoms. The molecule has 6 nitrogen and oxygen atoms in total. The maximum Gasteiger partial charge on any atom is 0.391 e. The third-order valence-corrected chi connectivity index (χ3v) is 7.15. The molecule has 2 aromatic carbocycles. The van der Waals surface area contributed by atoms with Gasteiger partial charge in [0, 0.05) is 23.5 Å². The number of benzene rings is 2. The van der Waals surface area contributed by atoms with Crippen molar-refractivity contribution in [2.75, 3.05) is 19.8 Å². The lowest BCUT2D eigenvalue weighted by Gasteiger charge is -2.38. The highest BCUT2D eigenvalue weighted by molar-refractivity contribution is 5.98. The first-order valence-electron chi connectivity index (χ1n) is 12.1. The molecule has 1 amide bonds. The Labute approximate surface area is 207 Å². The second kappa shape index (κ2) is 10.5. The van der Waals surface area contributed by atoms with E-state index in [-0.39, 0.29) is 37.2 Å². The molecule has 2 aromatic rings. The summed E-state index contributed by atoms with van der Waals surface area (Å²) < 4.78 is 50.6. The zero-order chi connectivity index (χ0) is 25.9. The number of hydrogen-bond acceptors (Lipinski definition) is 4. The summed E-state index contributed by atoms with van der Waals surface area (Å²) in [5.41, 5.74) is 1.64. The second-order valence-electron chi connectivity index (χ2n) is 9.73. The van der Waals surface area contributed by atoms with E-state index in [0.717, 1.165) is 16.7 Å². The molecule has 0 atom stereocenters. The fourth-order valence-corrected chi connectivity index (χ4v) is 4.82. The number of halogens is 3. The Morgan fingerprint density at radius 2 is 1.86 bits per heavy atom. The maximum atomic E-state index is 13.1. The number of amides is 1. The van der Waals surface area contributed by atoms with Gasteiger partial charge < -0.3 is 19.9 Å². The Balaban J connectivity index is 1.48. The second-order valence-corrected chi connectivity index (χ2v) is 9.73. The highest BCUT2D eigenvalue weighted by Gasteiger charge is 2.49.